The molecule has 0 aliphatic rings. The smallest absolute Gasteiger partial charge is 0.265 e. The van der Waals surface area contributed by atoms with Crippen molar-refractivity contribution >= 4 is 5.91 Å². The average Bonchev–Trinajstić information content (AvgIpc) is 3.07. The third-order valence-corrected chi connectivity index (χ3v) is 3.54. The van der Waals surface area contributed by atoms with E-state index in [1.165, 1.54) is 0 Å². The molecule has 4 heteroatoms. The maximum Gasteiger partial charge on any atom is 0.265 e. The molecule has 1 aromatic heterocycles. The first-order valence-corrected chi connectivity index (χ1v) is 6.99. The minimum atomic E-state index is -0.490. The van der Waals surface area contributed by atoms with Crippen molar-refractivity contribution < 1.29 is 9.21 Å². The number of hydrazine groups is 1. The lowest BCUT2D eigenvalue weighted by atomic mass is 9.90. The molecular weight excluding hydrogens is 264 g/mol. The van der Waals surface area contributed by atoms with E-state index in [0.29, 0.717) is 12.0 Å². The molecule has 2 N–H and O–H groups in total. The second-order valence-electron chi connectivity index (χ2n) is 4.85. The zero-order valence-corrected chi connectivity index (χ0v) is 12.1. The molecule has 21 heavy (non-hydrogen) atoms. The average molecular weight is 284 g/mol. The lowest BCUT2D eigenvalue weighted by molar-refractivity contribution is 0.0891. The van der Waals surface area contributed by atoms with Gasteiger partial charge in [-0.05, 0) is 37.1 Å². The first-order chi connectivity index (χ1) is 10.2. The van der Waals surface area contributed by atoms with Gasteiger partial charge < -0.3 is 4.42 Å². The Hall–Kier alpha value is -2.33. The first kappa shape index (κ1) is 15.1. The van der Waals surface area contributed by atoms with Crippen LogP contribution in [0.25, 0.3) is 0 Å². The maximum atomic E-state index is 12.2. The number of hydrogen-bond donors (Lipinski definition) is 2. The molecule has 0 spiro atoms. The van der Waals surface area contributed by atoms with Crippen LogP contribution in [0.2, 0.25) is 0 Å². The Morgan fingerprint density at radius 2 is 2.05 bits per heavy atom. The van der Waals surface area contributed by atoms with E-state index in [9.17, 15) is 4.79 Å². The van der Waals surface area contributed by atoms with Gasteiger partial charge in [0.2, 0.25) is 0 Å². The summed E-state index contributed by atoms with van der Waals surface area (Å²) < 4.78 is 5.52. The van der Waals surface area contributed by atoms with E-state index in [1.54, 1.807) is 18.4 Å². The van der Waals surface area contributed by atoms with Crippen LogP contribution in [0, 0.1) is 0 Å². The van der Waals surface area contributed by atoms with Gasteiger partial charge >= 0.3 is 0 Å². The molecule has 0 bridgehead atoms. The quantitative estimate of drug-likeness (QED) is 0.605. The van der Waals surface area contributed by atoms with Crippen molar-refractivity contribution in [1.29, 1.82) is 0 Å². The molecule has 0 unspecified atom stereocenters. The van der Waals surface area contributed by atoms with Crippen molar-refractivity contribution in [2.45, 2.75) is 25.3 Å². The Kier molecular flexibility index (Phi) is 4.95. The Morgan fingerprint density at radius 3 is 2.62 bits per heavy atom. The van der Waals surface area contributed by atoms with E-state index in [-0.39, 0.29) is 5.91 Å². The van der Waals surface area contributed by atoms with E-state index in [0.717, 1.165) is 12.2 Å². The first-order valence-electron chi connectivity index (χ1n) is 6.99. The molecule has 110 valence electrons. The van der Waals surface area contributed by atoms with Crippen molar-refractivity contribution in [2.24, 2.45) is 0 Å². The number of carbonyl (C=O) groups is 1. The lowest BCUT2D eigenvalue weighted by Crippen LogP contribution is -2.51. The molecule has 2 aromatic rings. The predicted molar refractivity (Wildman–Crippen MR) is 82.5 cm³/mol. The van der Waals surface area contributed by atoms with Crippen molar-refractivity contribution in [3.05, 3.63) is 72.7 Å². The van der Waals surface area contributed by atoms with Gasteiger partial charge in [-0.2, -0.15) is 0 Å². The molecule has 1 aromatic carbocycles. The zero-order chi connectivity index (χ0) is 15.1. The third kappa shape index (κ3) is 3.41. The summed E-state index contributed by atoms with van der Waals surface area (Å²) in [5.41, 5.74) is 6.00. The summed E-state index contributed by atoms with van der Waals surface area (Å²) in [6.07, 6.45) is 4.84. The standard InChI is InChI=1S/C17H20N2O2/c1-3-12-17(4-2,15-11-8-13-21-15)19-18-16(20)14-9-6-5-7-10-14/h3,5-11,13,19H,1,4,12H2,2H3,(H,18,20)/t17-/m1/s1. The molecule has 0 saturated carbocycles. The summed E-state index contributed by atoms with van der Waals surface area (Å²) in [7, 11) is 0. The van der Waals surface area contributed by atoms with Gasteiger partial charge in [-0.25, -0.2) is 5.43 Å². The van der Waals surface area contributed by atoms with Crippen LogP contribution in [0.5, 0.6) is 0 Å². The Labute approximate surface area is 124 Å². The highest BCUT2D eigenvalue weighted by atomic mass is 16.3. The van der Waals surface area contributed by atoms with E-state index in [4.69, 9.17) is 4.42 Å². The molecule has 0 aliphatic carbocycles. The lowest BCUT2D eigenvalue weighted by Gasteiger charge is -2.31. The fraction of sp³-hybridized carbons (Fsp3) is 0.235. The molecule has 0 aliphatic heterocycles. The van der Waals surface area contributed by atoms with Gasteiger partial charge in [0.25, 0.3) is 5.91 Å². The van der Waals surface area contributed by atoms with E-state index < -0.39 is 5.54 Å². The molecule has 0 saturated heterocycles. The fourth-order valence-corrected chi connectivity index (χ4v) is 2.26. The number of carbonyl (C=O) groups excluding carboxylic acids is 1. The predicted octanol–water partition coefficient (Wildman–Crippen LogP) is 3.40. The third-order valence-electron chi connectivity index (χ3n) is 3.54. The van der Waals surface area contributed by atoms with Gasteiger partial charge in [-0.1, -0.05) is 31.2 Å². The van der Waals surface area contributed by atoms with Crippen LogP contribution in [0.1, 0.15) is 35.9 Å². The normalized spacial score (nSPS) is 13.4. The number of amides is 1. The van der Waals surface area contributed by atoms with Crippen molar-refractivity contribution in [1.82, 2.24) is 10.9 Å². The molecule has 1 atom stereocenters. The largest absolute Gasteiger partial charge is 0.467 e. The summed E-state index contributed by atoms with van der Waals surface area (Å²) >= 11 is 0. The fourth-order valence-electron chi connectivity index (χ4n) is 2.26. The number of hydrogen-bond acceptors (Lipinski definition) is 3. The number of furan rings is 1. The minimum absolute atomic E-state index is 0.177. The SMILES string of the molecule is C=CC[C@@](CC)(NNC(=O)c1ccccc1)c1ccco1. The van der Waals surface area contributed by atoms with Crippen LogP contribution in [-0.4, -0.2) is 5.91 Å². The van der Waals surface area contributed by atoms with Crippen LogP contribution in [0.15, 0.2) is 65.8 Å². The highest BCUT2D eigenvalue weighted by Crippen LogP contribution is 2.29. The summed E-state index contributed by atoms with van der Waals surface area (Å²) in [4.78, 5) is 12.2. The zero-order valence-electron chi connectivity index (χ0n) is 12.1. The van der Waals surface area contributed by atoms with Crippen molar-refractivity contribution in [3.8, 4) is 0 Å². The van der Waals surface area contributed by atoms with Crippen LogP contribution in [-0.2, 0) is 5.54 Å². The van der Waals surface area contributed by atoms with Gasteiger partial charge in [0.05, 0.1) is 11.8 Å². The van der Waals surface area contributed by atoms with Crippen LogP contribution in [0.3, 0.4) is 0 Å². The van der Waals surface area contributed by atoms with E-state index in [2.05, 4.69) is 17.4 Å². The molecule has 4 nitrogen and oxygen atoms in total. The van der Waals surface area contributed by atoms with Crippen LogP contribution < -0.4 is 10.9 Å². The highest BCUT2D eigenvalue weighted by Gasteiger charge is 2.32. The molecule has 0 fully saturated rings. The molecule has 1 amide bonds. The molecule has 0 radical (unpaired) electrons. The van der Waals surface area contributed by atoms with Crippen LogP contribution >= 0.6 is 0 Å². The molecular formula is C17H20N2O2. The van der Waals surface area contributed by atoms with Gasteiger partial charge in [-0.3, -0.25) is 10.2 Å². The second-order valence-corrected chi connectivity index (χ2v) is 4.85. The minimum Gasteiger partial charge on any atom is -0.467 e. The molecule has 2 rings (SSSR count). The van der Waals surface area contributed by atoms with Gasteiger partial charge in [0.1, 0.15) is 5.76 Å². The van der Waals surface area contributed by atoms with E-state index >= 15 is 0 Å². The van der Waals surface area contributed by atoms with Gasteiger partial charge in [0, 0.05) is 5.56 Å². The van der Waals surface area contributed by atoms with Gasteiger partial charge in [0.15, 0.2) is 0 Å². The highest BCUT2D eigenvalue weighted by molar-refractivity contribution is 5.93. The van der Waals surface area contributed by atoms with Crippen LogP contribution in [0.4, 0.5) is 0 Å². The van der Waals surface area contributed by atoms with Crippen molar-refractivity contribution in [3.63, 3.8) is 0 Å². The van der Waals surface area contributed by atoms with Crippen molar-refractivity contribution in [2.75, 3.05) is 0 Å². The Morgan fingerprint density at radius 1 is 1.29 bits per heavy atom. The Balaban J connectivity index is 2.13. The number of nitrogens with one attached hydrogen (secondary N) is 2. The van der Waals surface area contributed by atoms with Gasteiger partial charge in [-0.15, -0.1) is 6.58 Å². The summed E-state index contributed by atoms with van der Waals surface area (Å²) in [6, 6.07) is 12.8. The molecule has 1 heterocycles. The topological polar surface area (TPSA) is 54.3 Å². The second kappa shape index (κ2) is 6.90. The number of benzene rings is 1. The summed E-state index contributed by atoms with van der Waals surface area (Å²) in [6.45, 7) is 5.83. The Bertz CT molecular complexity index is 578. The summed E-state index contributed by atoms with van der Waals surface area (Å²) in [5.74, 6) is 0.599. The van der Waals surface area contributed by atoms with E-state index in [1.807, 2.05) is 43.3 Å². The maximum absolute atomic E-state index is 12.2. The summed E-state index contributed by atoms with van der Waals surface area (Å²) in [5, 5.41) is 0. The number of rotatable bonds is 7. The monoisotopic (exact) mass is 284 g/mol.